The average Bonchev–Trinajstić information content (AvgIpc) is 3.01. The lowest BCUT2D eigenvalue weighted by atomic mass is 10.1. The number of amides is 1. The molecule has 2 heterocycles. The van der Waals surface area contributed by atoms with Crippen molar-refractivity contribution in [3.63, 3.8) is 0 Å². The van der Waals surface area contributed by atoms with Gasteiger partial charge >= 0.3 is 0 Å². The van der Waals surface area contributed by atoms with Crippen molar-refractivity contribution in [2.24, 2.45) is 0 Å². The van der Waals surface area contributed by atoms with Gasteiger partial charge in [0.1, 0.15) is 5.69 Å². The van der Waals surface area contributed by atoms with E-state index in [2.05, 4.69) is 15.3 Å². The molecule has 3 aromatic rings. The second-order valence-electron chi connectivity index (χ2n) is 4.09. The predicted molar refractivity (Wildman–Crippen MR) is 79.7 cm³/mol. The van der Waals surface area contributed by atoms with E-state index in [9.17, 15) is 4.79 Å². The number of hydrogen-bond acceptors (Lipinski definition) is 4. The number of thiazole rings is 1. The number of nitrogens with zero attached hydrogens (tertiary/aromatic N) is 2. The van der Waals surface area contributed by atoms with Gasteiger partial charge in [0.05, 0.1) is 0 Å². The van der Waals surface area contributed by atoms with Crippen LogP contribution in [0.5, 0.6) is 0 Å². The number of aromatic nitrogens is 2. The highest BCUT2D eigenvalue weighted by Gasteiger charge is 2.09. The average molecular weight is 281 g/mol. The van der Waals surface area contributed by atoms with Gasteiger partial charge in [0.25, 0.3) is 5.91 Å². The van der Waals surface area contributed by atoms with Crippen LogP contribution in [0.3, 0.4) is 0 Å². The molecule has 1 amide bonds. The van der Waals surface area contributed by atoms with Crippen LogP contribution in [0.1, 0.15) is 10.5 Å². The Labute approximate surface area is 120 Å². The second kappa shape index (κ2) is 5.63. The highest BCUT2D eigenvalue weighted by atomic mass is 32.1. The molecular formula is C15H11N3OS. The van der Waals surface area contributed by atoms with E-state index in [0.29, 0.717) is 10.8 Å². The van der Waals surface area contributed by atoms with Crippen LogP contribution < -0.4 is 5.32 Å². The SMILES string of the molecule is O=C(Nc1nccs1)c1ccc(-c2ccccc2)cn1. The molecule has 1 aromatic carbocycles. The molecule has 0 aliphatic heterocycles. The molecular weight excluding hydrogens is 270 g/mol. The molecule has 0 saturated heterocycles. The van der Waals surface area contributed by atoms with Gasteiger partial charge in [-0.25, -0.2) is 4.98 Å². The third-order valence-electron chi connectivity index (χ3n) is 2.76. The molecule has 0 bridgehead atoms. The molecule has 0 aliphatic rings. The molecule has 1 N–H and O–H groups in total. The van der Waals surface area contributed by atoms with Crippen LogP contribution >= 0.6 is 11.3 Å². The number of carbonyl (C=O) groups excluding carboxylic acids is 1. The third kappa shape index (κ3) is 2.73. The van der Waals surface area contributed by atoms with Crippen molar-refractivity contribution >= 4 is 22.4 Å². The Morgan fingerprint density at radius 1 is 1.00 bits per heavy atom. The lowest BCUT2D eigenvalue weighted by Crippen LogP contribution is -2.13. The fourth-order valence-corrected chi connectivity index (χ4v) is 2.30. The van der Waals surface area contributed by atoms with Crippen molar-refractivity contribution in [3.05, 3.63) is 65.9 Å². The van der Waals surface area contributed by atoms with Crippen molar-refractivity contribution in [1.29, 1.82) is 0 Å². The first-order chi connectivity index (χ1) is 9.83. The fourth-order valence-electron chi connectivity index (χ4n) is 1.78. The number of anilines is 1. The van der Waals surface area contributed by atoms with E-state index in [1.807, 2.05) is 41.8 Å². The second-order valence-corrected chi connectivity index (χ2v) is 4.98. The molecule has 0 atom stereocenters. The van der Waals surface area contributed by atoms with E-state index >= 15 is 0 Å². The van der Waals surface area contributed by atoms with E-state index in [1.165, 1.54) is 11.3 Å². The highest BCUT2D eigenvalue weighted by Crippen LogP contribution is 2.18. The monoisotopic (exact) mass is 281 g/mol. The van der Waals surface area contributed by atoms with Crippen LogP contribution in [0.25, 0.3) is 11.1 Å². The molecule has 2 aromatic heterocycles. The first kappa shape index (κ1) is 12.5. The van der Waals surface area contributed by atoms with Crippen LogP contribution in [0.2, 0.25) is 0 Å². The van der Waals surface area contributed by atoms with Crippen LogP contribution in [0, 0.1) is 0 Å². The maximum atomic E-state index is 12.0. The van der Waals surface area contributed by atoms with Gasteiger partial charge < -0.3 is 0 Å². The molecule has 20 heavy (non-hydrogen) atoms. The minimum Gasteiger partial charge on any atom is -0.296 e. The van der Waals surface area contributed by atoms with Crippen molar-refractivity contribution in [3.8, 4) is 11.1 Å². The largest absolute Gasteiger partial charge is 0.296 e. The van der Waals surface area contributed by atoms with E-state index in [0.717, 1.165) is 11.1 Å². The summed E-state index contributed by atoms with van der Waals surface area (Å²) < 4.78 is 0. The van der Waals surface area contributed by atoms with Crippen molar-refractivity contribution in [1.82, 2.24) is 9.97 Å². The van der Waals surface area contributed by atoms with Crippen LogP contribution in [0.4, 0.5) is 5.13 Å². The quantitative estimate of drug-likeness (QED) is 0.800. The van der Waals surface area contributed by atoms with Gasteiger partial charge in [-0.15, -0.1) is 11.3 Å². The predicted octanol–water partition coefficient (Wildman–Crippen LogP) is 3.46. The van der Waals surface area contributed by atoms with Crippen LogP contribution in [0.15, 0.2) is 60.2 Å². The van der Waals surface area contributed by atoms with E-state index in [4.69, 9.17) is 0 Å². The highest BCUT2D eigenvalue weighted by molar-refractivity contribution is 7.13. The summed E-state index contributed by atoms with van der Waals surface area (Å²) in [7, 11) is 0. The molecule has 5 heteroatoms. The fraction of sp³-hybridized carbons (Fsp3) is 0. The van der Waals surface area contributed by atoms with Gasteiger partial charge in [0.15, 0.2) is 5.13 Å². The Morgan fingerprint density at radius 2 is 1.85 bits per heavy atom. The molecule has 98 valence electrons. The molecule has 0 unspecified atom stereocenters. The Morgan fingerprint density at radius 3 is 2.50 bits per heavy atom. The van der Waals surface area contributed by atoms with Gasteiger partial charge in [0, 0.05) is 23.3 Å². The van der Waals surface area contributed by atoms with Gasteiger partial charge in [-0.05, 0) is 11.6 Å². The zero-order chi connectivity index (χ0) is 13.8. The summed E-state index contributed by atoms with van der Waals surface area (Å²) in [6.45, 7) is 0. The normalized spacial score (nSPS) is 10.2. The van der Waals surface area contributed by atoms with Gasteiger partial charge in [-0.3, -0.25) is 15.1 Å². The standard InChI is InChI=1S/C15H11N3OS/c19-14(18-15-16-8-9-20-15)13-7-6-12(10-17-13)11-4-2-1-3-5-11/h1-10H,(H,16,18,19). The van der Waals surface area contributed by atoms with Crippen molar-refractivity contribution < 1.29 is 4.79 Å². The lowest BCUT2D eigenvalue weighted by Gasteiger charge is -2.03. The van der Waals surface area contributed by atoms with Crippen molar-refractivity contribution in [2.75, 3.05) is 5.32 Å². The summed E-state index contributed by atoms with van der Waals surface area (Å²) in [6.07, 6.45) is 3.35. The van der Waals surface area contributed by atoms with Gasteiger partial charge in [-0.2, -0.15) is 0 Å². The number of pyridine rings is 1. The summed E-state index contributed by atoms with van der Waals surface area (Å²) in [5.74, 6) is -0.250. The number of rotatable bonds is 3. The lowest BCUT2D eigenvalue weighted by molar-refractivity contribution is 0.102. The zero-order valence-corrected chi connectivity index (χ0v) is 11.3. The summed E-state index contributed by atoms with van der Waals surface area (Å²) >= 11 is 1.38. The summed E-state index contributed by atoms with van der Waals surface area (Å²) in [5, 5.41) is 5.08. The topological polar surface area (TPSA) is 54.9 Å². The zero-order valence-electron chi connectivity index (χ0n) is 10.5. The molecule has 4 nitrogen and oxygen atoms in total. The molecule has 0 aliphatic carbocycles. The summed E-state index contributed by atoms with van der Waals surface area (Å²) in [5.41, 5.74) is 2.43. The Bertz CT molecular complexity index is 694. The van der Waals surface area contributed by atoms with E-state index in [1.54, 1.807) is 18.5 Å². The third-order valence-corrected chi connectivity index (χ3v) is 3.44. The molecule has 0 spiro atoms. The Balaban J connectivity index is 1.78. The van der Waals surface area contributed by atoms with Crippen molar-refractivity contribution in [2.45, 2.75) is 0 Å². The molecule has 0 radical (unpaired) electrons. The van der Waals surface area contributed by atoms with Crippen LogP contribution in [-0.4, -0.2) is 15.9 Å². The van der Waals surface area contributed by atoms with E-state index in [-0.39, 0.29) is 5.91 Å². The number of carbonyl (C=O) groups is 1. The van der Waals surface area contributed by atoms with Gasteiger partial charge in [0.2, 0.25) is 0 Å². The summed E-state index contributed by atoms with van der Waals surface area (Å²) in [6, 6.07) is 13.5. The van der Waals surface area contributed by atoms with Crippen LogP contribution in [-0.2, 0) is 0 Å². The molecule has 3 rings (SSSR count). The maximum absolute atomic E-state index is 12.0. The summed E-state index contributed by atoms with van der Waals surface area (Å²) in [4.78, 5) is 20.2. The first-order valence-electron chi connectivity index (χ1n) is 6.05. The smallest absolute Gasteiger partial charge is 0.276 e. The maximum Gasteiger partial charge on any atom is 0.276 e. The Kier molecular flexibility index (Phi) is 3.52. The minimum atomic E-state index is -0.250. The van der Waals surface area contributed by atoms with Gasteiger partial charge in [-0.1, -0.05) is 36.4 Å². The first-order valence-corrected chi connectivity index (χ1v) is 6.93. The molecule has 0 saturated carbocycles. The number of nitrogens with one attached hydrogen (secondary N) is 1. The van der Waals surface area contributed by atoms with E-state index < -0.39 is 0 Å². The Hall–Kier alpha value is -2.53. The minimum absolute atomic E-state index is 0.250. The number of hydrogen-bond donors (Lipinski definition) is 1. The molecule has 0 fully saturated rings. The number of benzene rings is 1.